The lowest BCUT2D eigenvalue weighted by molar-refractivity contribution is -0.124. The topological polar surface area (TPSA) is 83.5 Å². The minimum absolute atomic E-state index is 0.0883. The molecule has 1 amide bonds. The first-order valence-electron chi connectivity index (χ1n) is 4.86. The normalized spacial score (nSPS) is 14.7. The number of hydrogen-bond donors (Lipinski definition) is 2. The second kappa shape index (κ2) is 4.94. The van der Waals surface area contributed by atoms with Crippen LogP contribution in [0.2, 0.25) is 0 Å². The summed E-state index contributed by atoms with van der Waals surface area (Å²) in [6.07, 6.45) is 0.693. The largest absolute Gasteiger partial charge is 0.354 e. The summed E-state index contributed by atoms with van der Waals surface area (Å²) in [5.41, 5.74) is 0. The maximum Gasteiger partial charge on any atom is 0.271 e. The predicted molar refractivity (Wildman–Crippen MR) is 58.1 cm³/mol. The summed E-state index contributed by atoms with van der Waals surface area (Å²) in [7, 11) is -4.15. The van der Waals surface area contributed by atoms with Gasteiger partial charge >= 0.3 is 0 Å². The van der Waals surface area contributed by atoms with Gasteiger partial charge in [0.05, 0.1) is 0 Å². The zero-order chi connectivity index (χ0) is 12.3. The van der Waals surface area contributed by atoms with Crippen molar-refractivity contribution in [3.05, 3.63) is 0 Å². The van der Waals surface area contributed by atoms with Crippen molar-refractivity contribution in [1.29, 1.82) is 0 Å². The lowest BCUT2D eigenvalue weighted by Gasteiger charge is -2.22. The van der Waals surface area contributed by atoms with Crippen molar-refractivity contribution in [1.82, 2.24) is 5.32 Å². The highest BCUT2D eigenvalue weighted by atomic mass is 32.2. The molecule has 5 nitrogen and oxygen atoms in total. The van der Waals surface area contributed by atoms with E-state index in [1.807, 2.05) is 6.92 Å². The van der Waals surface area contributed by atoms with E-state index < -0.39 is 14.9 Å². The maximum atomic E-state index is 11.4. The molecule has 0 heterocycles. The third-order valence-electron chi connectivity index (χ3n) is 2.45. The van der Waals surface area contributed by atoms with Crippen LogP contribution in [0.3, 0.4) is 0 Å². The number of rotatable bonds is 5. The Bertz CT molecular complexity index is 321. The molecule has 0 saturated heterocycles. The third-order valence-corrected chi connectivity index (χ3v) is 3.99. The molecule has 0 radical (unpaired) electrons. The smallest absolute Gasteiger partial charge is 0.271 e. The molecule has 90 valence electrons. The van der Waals surface area contributed by atoms with E-state index in [4.69, 9.17) is 4.55 Å². The fraction of sp³-hybridized carbons (Fsp3) is 0.889. The van der Waals surface area contributed by atoms with Crippen LogP contribution in [0, 0.1) is 5.92 Å². The second-order valence-corrected chi connectivity index (χ2v) is 6.32. The van der Waals surface area contributed by atoms with Crippen molar-refractivity contribution in [3.63, 3.8) is 0 Å². The first kappa shape index (κ1) is 14.4. The Labute approximate surface area is 91.0 Å². The Balaban J connectivity index is 4.35. The van der Waals surface area contributed by atoms with Gasteiger partial charge in [-0.25, -0.2) is 0 Å². The quantitative estimate of drug-likeness (QED) is 0.693. The predicted octanol–water partition coefficient (Wildman–Crippen LogP) is 0.815. The first-order chi connectivity index (χ1) is 6.62. The number of carbonyl (C=O) groups is 1. The minimum atomic E-state index is -4.15. The molecule has 2 N–H and O–H groups in total. The lowest BCUT2D eigenvalue weighted by atomic mass is 10.1. The fourth-order valence-electron chi connectivity index (χ4n) is 0.751. The van der Waals surface area contributed by atoms with Gasteiger partial charge in [0.15, 0.2) is 0 Å². The Kier molecular flexibility index (Phi) is 4.73. The number of amides is 1. The van der Waals surface area contributed by atoms with Crippen LogP contribution >= 0.6 is 0 Å². The molecule has 0 aliphatic rings. The van der Waals surface area contributed by atoms with Crippen molar-refractivity contribution in [2.24, 2.45) is 5.92 Å². The Morgan fingerprint density at radius 1 is 1.47 bits per heavy atom. The average molecular weight is 237 g/mol. The highest BCUT2D eigenvalue weighted by Gasteiger charge is 2.33. The molecule has 1 atom stereocenters. The maximum absolute atomic E-state index is 11.4. The highest BCUT2D eigenvalue weighted by molar-refractivity contribution is 7.87. The van der Waals surface area contributed by atoms with Crippen LogP contribution in [0.25, 0.3) is 0 Å². The molecule has 0 spiro atoms. The minimum Gasteiger partial charge on any atom is -0.354 e. The fourth-order valence-corrected chi connectivity index (χ4v) is 1.01. The standard InChI is InChI=1S/C9H19NO4S/c1-5-7(2)8(11)10-6-9(3,4)15(12,13)14/h7H,5-6H2,1-4H3,(H,10,11)(H,12,13,14). The van der Waals surface area contributed by atoms with Gasteiger partial charge in [0, 0.05) is 12.5 Å². The van der Waals surface area contributed by atoms with Gasteiger partial charge in [0.1, 0.15) is 4.75 Å². The van der Waals surface area contributed by atoms with Crippen LogP contribution in [0.1, 0.15) is 34.1 Å². The van der Waals surface area contributed by atoms with Crippen molar-refractivity contribution < 1.29 is 17.8 Å². The molecule has 15 heavy (non-hydrogen) atoms. The Morgan fingerprint density at radius 3 is 2.27 bits per heavy atom. The van der Waals surface area contributed by atoms with Crippen molar-refractivity contribution >= 4 is 16.0 Å². The summed E-state index contributed by atoms with van der Waals surface area (Å²) >= 11 is 0. The van der Waals surface area contributed by atoms with E-state index in [1.165, 1.54) is 13.8 Å². The zero-order valence-electron chi connectivity index (χ0n) is 9.57. The van der Waals surface area contributed by atoms with Crippen LogP contribution in [-0.2, 0) is 14.9 Å². The van der Waals surface area contributed by atoms with Crippen LogP contribution in [0.15, 0.2) is 0 Å². The monoisotopic (exact) mass is 237 g/mol. The van der Waals surface area contributed by atoms with Crippen molar-refractivity contribution in [3.8, 4) is 0 Å². The van der Waals surface area contributed by atoms with Crippen LogP contribution in [-0.4, -0.2) is 30.2 Å². The summed E-state index contributed by atoms with van der Waals surface area (Å²) in [4.78, 5) is 11.4. The summed E-state index contributed by atoms with van der Waals surface area (Å²) in [6, 6.07) is 0. The molecule has 0 aliphatic heterocycles. The Morgan fingerprint density at radius 2 is 1.93 bits per heavy atom. The number of carbonyl (C=O) groups excluding carboxylic acids is 1. The lowest BCUT2D eigenvalue weighted by Crippen LogP contribution is -2.45. The molecule has 0 fully saturated rings. The number of nitrogens with one attached hydrogen (secondary N) is 1. The molecule has 0 saturated carbocycles. The Hall–Kier alpha value is -0.620. The summed E-state index contributed by atoms with van der Waals surface area (Å²) in [5.74, 6) is -0.351. The zero-order valence-corrected chi connectivity index (χ0v) is 10.4. The average Bonchev–Trinajstić information content (AvgIpc) is 2.11. The molecule has 0 rings (SSSR count). The van der Waals surface area contributed by atoms with E-state index in [9.17, 15) is 13.2 Å². The van der Waals surface area contributed by atoms with Gasteiger partial charge < -0.3 is 5.32 Å². The van der Waals surface area contributed by atoms with Crippen molar-refractivity contribution in [2.45, 2.75) is 38.9 Å². The molecular weight excluding hydrogens is 218 g/mol. The molecule has 0 aromatic rings. The highest BCUT2D eigenvalue weighted by Crippen LogP contribution is 2.13. The number of hydrogen-bond acceptors (Lipinski definition) is 3. The molecular formula is C9H19NO4S. The van der Waals surface area contributed by atoms with Gasteiger partial charge in [-0.2, -0.15) is 8.42 Å². The van der Waals surface area contributed by atoms with E-state index in [1.54, 1.807) is 6.92 Å². The molecule has 0 aliphatic carbocycles. The molecule has 1 unspecified atom stereocenters. The van der Waals surface area contributed by atoms with E-state index in [-0.39, 0.29) is 18.4 Å². The van der Waals surface area contributed by atoms with Gasteiger partial charge in [-0.1, -0.05) is 13.8 Å². The molecule has 0 bridgehead atoms. The molecule has 0 aromatic heterocycles. The molecule has 6 heteroatoms. The van der Waals surface area contributed by atoms with E-state index in [2.05, 4.69) is 5.32 Å². The van der Waals surface area contributed by atoms with Crippen LogP contribution in [0.4, 0.5) is 0 Å². The summed E-state index contributed by atoms with van der Waals surface area (Å²) in [5, 5.41) is 2.50. The second-order valence-electron chi connectivity index (χ2n) is 4.26. The summed E-state index contributed by atoms with van der Waals surface area (Å²) < 4.78 is 29.3. The van der Waals surface area contributed by atoms with Gasteiger partial charge in [-0.3, -0.25) is 9.35 Å². The van der Waals surface area contributed by atoms with E-state index in [0.717, 1.165) is 0 Å². The van der Waals surface area contributed by atoms with E-state index in [0.29, 0.717) is 6.42 Å². The first-order valence-corrected chi connectivity index (χ1v) is 6.30. The van der Waals surface area contributed by atoms with Crippen LogP contribution in [0.5, 0.6) is 0 Å². The third kappa shape index (κ3) is 4.17. The van der Waals surface area contributed by atoms with Crippen molar-refractivity contribution in [2.75, 3.05) is 6.54 Å². The van der Waals surface area contributed by atoms with E-state index >= 15 is 0 Å². The molecule has 0 aromatic carbocycles. The van der Waals surface area contributed by atoms with Gasteiger partial charge in [0.25, 0.3) is 10.1 Å². The van der Waals surface area contributed by atoms with Crippen LogP contribution < -0.4 is 5.32 Å². The van der Waals surface area contributed by atoms with Gasteiger partial charge in [0.2, 0.25) is 5.91 Å². The van der Waals surface area contributed by atoms with Gasteiger partial charge in [-0.05, 0) is 20.3 Å². The SMILES string of the molecule is CCC(C)C(=O)NCC(C)(C)S(=O)(=O)O. The summed E-state index contributed by atoms with van der Waals surface area (Å²) in [6.45, 7) is 6.27. The van der Waals surface area contributed by atoms with Gasteiger partial charge in [-0.15, -0.1) is 0 Å².